The highest BCUT2D eigenvalue weighted by Crippen LogP contribution is 2.20. The number of hydrogen-bond donors (Lipinski definition) is 0. The van der Waals surface area contributed by atoms with E-state index in [9.17, 15) is 4.79 Å². The smallest absolute Gasteiger partial charge is 0.388 e. The van der Waals surface area contributed by atoms with Crippen LogP contribution in [-0.2, 0) is 4.79 Å². The highest BCUT2D eigenvalue weighted by atomic mass is 16.6. The van der Waals surface area contributed by atoms with Crippen molar-refractivity contribution in [3.63, 3.8) is 0 Å². The van der Waals surface area contributed by atoms with Crippen LogP contribution in [0.5, 0.6) is 6.08 Å². The molecule has 0 spiro atoms. The van der Waals surface area contributed by atoms with E-state index in [0.717, 1.165) is 5.56 Å². The number of ether oxygens (including phenoxy) is 1. The zero-order chi connectivity index (χ0) is 10.7. The summed E-state index contributed by atoms with van der Waals surface area (Å²) in [5.74, 6) is -0.162. The van der Waals surface area contributed by atoms with Crippen molar-refractivity contribution < 1.29 is 13.9 Å². The predicted molar refractivity (Wildman–Crippen MR) is 51.0 cm³/mol. The second kappa shape index (κ2) is 3.91. The van der Waals surface area contributed by atoms with E-state index in [4.69, 9.17) is 4.42 Å². The zero-order valence-corrected chi connectivity index (χ0v) is 8.01. The Morgan fingerprint density at radius 2 is 2.00 bits per heavy atom. The molecule has 15 heavy (non-hydrogen) atoms. The minimum Gasteiger partial charge on any atom is -0.388 e. The molecule has 0 amide bonds. The van der Waals surface area contributed by atoms with Crippen LogP contribution in [0.1, 0.15) is 6.92 Å². The van der Waals surface area contributed by atoms with E-state index in [1.165, 1.54) is 6.92 Å². The minimum atomic E-state index is -0.488. The third-order valence-corrected chi connectivity index (χ3v) is 1.66. The molecule has 76 valence electrons. The third-order valence-electron chi connectivity index (χ3n) is 1.66. The maximum Gasteiger partial charge on any atom is 0.422 e. The van der Waals surface area contributed by atoms with E-state index < -0.39 is 5.97 Å². The molecule has 0 aliphatic heterocycles. The summed E-state index contributed by atoms with van der Waals surface area (Å²) in [6.07, 6.45) is -0.138. The summed E-state index contributed by atoms with van der Waals surface area (Å²) in [7, 11) is 0. The minimum absolute atomic E-state index is 0.138. The Morgan fingerprint density at radius 3 is 2.67 bits per heavy atom. The number of esters is 1. The second-order valence-electron chi connectivity index (χ2n) is 2.83. The lowest BCUT2D eigenvalue weighted by atomic mass is 10.2. The Morgan fingerprint density at radius 1 is 1.27 bits per heavy atom. The SMILES string of the molecule is CC(=O)Oc1nnc(-c2ccccc2)o1. The first kappa shape index (κ1) is 9.39. The van der Waals surface area contributed by atoms with Gasteiger partial charge in [0.2, 0.25) is 0 Å². The molecule has 5 nitrogen and oxygen atoms in total. The molecular weight excluding hydrogens is 196 g/mol. The molecule has 0 fully saturated rings. The molecule has 0 bridgehead atoms. The molecule has 1 aromatic heterocycles. The molecule has 0 saturated carbocycles. The van der Waals surface area contributed by atoms with Crippen LogP contribution >= 0.6 is 0 Å². The highest BCUT2D eigenvalue weighted by Gasteiger charge is 2.10. The Labute approximate surface area is 85.7 Å². The monoisotopic (exact) mass is 204 g/mol. The van der Waals surface area contributed by atoms with Gasteiger partial charge in [0.05, 0.1) is 0 Å². The maximum atomic E-state index is 10.6. The van der Waals surface area contributed by atoms with Gasteiger partial charge >= 0.3 is 12.0 Å². The molecule has 2 aromatic rings. The van der Waals surface area contributed by atoms with Gasteiger partial charge < -0.3 is 9.15 Å². The van der Waals surface area contributed by atoms with Gasteiger partial charge in [-0.15, -0.1) is 5.10 Å². The molecule has 0 aliphatic rings. The van der Waals surface area contributed by atoms with Gasteiger partial charge in [-0.1, -0.05) is 23.3 Å². The van der Waals surface area contributed by atoms with Gasteiger partial charge in [-0.3, -0.25) is 4.79 Å². The molecule has 1 heterocycles. The first-order chi connectivity index (χ1) is 7.25. The van der Waals surface area contributed by atoms with E-state index in [-0.39, 0.29) is 6.08 Å². The number of hydrogen-bond acceptors (Lipinski definition) is 5. The van der Waals surface area contributed by atoms with E-state index in [1.54, 1.807) is 0 Å². The highest BCUT2D eigenvalue weighted by molar-refractivity contribution is 5.68. The Balaban J connectivity index is 2.24. The molecule has 1 aromatic carbocycles. The fourth-order valence-electron chi connectivity index (χ4n) is 1.07. The fraction of sp³-hybridized carbons (Fsp3) is 0.100. The summed E-state index contributed by atoms with van der Waals surface area (Å²) in [5.41, 5.74) is 0.781. The molecule has 0 aliphatic carbocycles. The second-order valence-corrected chi connectivity index (χ2v) is 2.83. The standard InChI is InChI=1S/C10H8N2O3/c1-7(13)14-10-12-11-9(15-10)8-5-3-2-4-6-8/h2-6H,1H3. The molecule has 5 heteroatoms. The van der Waals surface area contributed by atoms with Crippen LogP contribution in [0.4, 0.5) is 0 Å². The Hall–Kier alpha value is -2.17. The van der Waals surface area contributed by atoms with Crippen LogP contribution in [0.3, 0.4) is 0 Å². The first-order valence-corrected chi connectivity index (χ1v) is 4.33. The van der Waals surface area contributed by atoms with Gasteiger partial charge in [0, 0.05) is 12.5 Å². The van der Waals surface area contributed by atoms with Crippen molar-refractivity contribution in [2.45, 2.75) is 6.92 Å². The third kappa shape index (κ3) is 2.19. The number of rotatable bonds is 2. The predicted octanol–water partition coefficient (Wildman–Crippen LogP) is 1.66. The van der Waals surface area contributed by atoms with Crippen LogP contribution in [0.2, 0.25) is 0 Å². The van der Waals surface area contributed by atoms with Gasteiger partial charge in [0.25, 0.3) is 5.89 Å². The average Bonchev–Trinajstić information content (AvgIpc) is 2.67. The van der Waals surface area contributed by atoms with Crippen LogP contribution in [0, 0.1) is 0 Å². The lowest BCUT2D eigenvalue weighted by Crippen LogP contribution is -2.01. The van der Waals surface area contributed by atoms with Crippen molar-refractivity contribution in [2.24, 2.45) is 0 Å². The fourth-order valence-corrected chi connectivity index (χ4v) is 1.07. The molecule has 0 radical (unpaired) electrons. The Kier molecular flexibility index (Phi) is 2.45. The zero-order valence-electron chi connectivity index (χ0n) is 8.01. The molecule has 0 N–H and O–H groups in total. The largest absolute Gasteiger partial charge is 0.422 e. The number of carbonyl (C=O) groups is 1. The molecule has 0 atom stereocenters. The van der Waals surface area contributed by atoms with E-state index in [2.05, 4.69) is 14.9 Å². The maximum absolute atomic E-state index is 10.6. The molecular formula is C10H8N2O3. The lowest BCUT2D eigenvalue weighted by molar-refractivity contribution is -0.133. The van der Waals surface area contributed by atoms with Gasteiger partial charge in [-0.05, 0) is 12.1 Å². The first-order valence-electron chi connectivity index (χ1n) is 4.33. The molecule has 0 saturated heterocycles. The van der Waals surface area contributed by atoms with Crippen molar-refractivity contribution in [1.29, 1.82) is 0 Å². The quantitative estimate of drug-likeness (QED) is 0.696. The number of carbonyl (C=O) groups excluding carboxylic acids is 1. The lowest BCUT2D eigenvalue weighted by Gasteiger charge is -1.92. The van der Waals surface area contributed by atoms with Crippen LogP contribution in [0.25, 0.3) is 11.5 Å². The summed E-state index contributed by atoms with van der Waals surface area (Å²) < 4.78 is 9.75. The van der Waals surface area contributed by atoms with Gasteiger partial charge in [0.15, 0.2) is 0 Å². The van der Waals surface area contributed by atoms with Crippen molar-refractivity contribution in [3.8, 4) is 17.5 Å². The van der Waals surface area contributed by atoms with Crippen molar-refractivity contribution in [1.82, 2.24) is 10.2 Å². The van der Waals surface area contributed by atoms with Crippen molar-refractivity contribution in [3.05, 3.63) is 30.3 Å². The van der Waals surface area contributed by atoms with Crippen LogP contribution in [-0.4, -0.2) is 16.2 Å². The van der Waals surface area contributed by atoms with Gasteiger partial charge in [-0.2, -0.15) is 0 Å². The van der Waals surface area contributed by atoms with Crippen LogP contribution in [0.15, 0.2) is 34.7 Å². The normalized spacial score (nSPS) is 9.93. The van der Waals surface area contributed by atoms with Gasteiger partial charge in [-0.25, -0.2) is 0 Å². The van der Waals surface area contributed by atoms with Crippen molar-refractivity contribution >= 4 is 5.97 Å². The van der Waals surface area contributed by atoms with Gasteiger partial charge in [0.1, 0.15) is 0 Å². The summed E-state index contributed by atoms with van der Waals surface area (Å²) in [6, 6.07) is 9.24. The van der Waals surface area contributed by atoms with E-state index in [1.807, 2.05) is 30.3 Å². The molecule has 0 unspecified atom stereocenters. The number of aromatic nitrogens is 2. The van der Waals surface area contributed by atoms with E-state index in [0.29, 0.717) is 5.89 Å². The number of nitrogens with zero attached hydrogens (tertiary/aromatic N) is 2. The number of benzene rings is 1. The Bertz CT molecular complexity index is 465. The van der Waals surface area contributed by atoms with Crippen LogP contribution < -0.4 is 4.74 Å². The summed E-state index contributed by atoms with van der Waals surface area (Å²) in [5, 5.41) is 7.32. The summed E-state index contributed by atoms with van der Waals surface area (Å²) >= 11 is 0. The van der Waals surface area contributed by atoms with Crippen molar-refractivity contribution in [2.75, 3.05) is 0 Å². The topological polar surface area (TPSA) is 65.2 Å². The molecule has 2 rings (SSSR count). The summed E-state index contributed by atoms with van der Waals surface area (Å²) in [4.78, 5) is 10.6. The van der Waals surface area contributed by atoms with E-state index >= 15 is 0 Å². The average molecular weight is 204 g/mol. The summed E-state index contributed by atoms with van der Waals surface area (Å²) in [6.45, 7) is 1.27.